The Kier molecular flexibility index (Phi) is 4.49. The summed E-state index contributed by atoms with van der Waals surface area (Å²) in [7, 11) is 1.64. The molecule has 0 aliphatic carbocycles. The number of nitrogens with one attached hydrogen (secondary N) is 2. The number of likely N-dealkylation sites (N-methyl/N-ethyl adjacent to an activating group) is 1. The van der Waals surface area contributed by atoms with E-state index in [9.17, 15) is 4.79 Å². The summed E-state index contributed by atoms with van der Waals surface area (Å²) in [4.78, 5) is 11.3. The quantitative estimate of drug-likeness (QED) is 0.773. The highest BCUT2D eigenvalue weighted by Crippen LogP contribution is 2.11. The summed E-state index contributed by atoms with van der Waals surface area (Å²) >= 11 is 0. The molecule has 0 fully saturated rings. The molecule has 90 valence electrons. The van der Waals surface area contributed by atoms with Crippen molar-refractivity contribution in [2.45, 2.75) is 39.4 Å². The Hall–Kier alpha value is -1.36. The van der Waals surface area contributed by atoms with Gasteiger partial charge in [-0.15, -0.1) is 0 Å². The van der Waals surface area contributed by atoms with Gasteiger partial charge in [0.15, 0.2) is 0 Å². The number of aryl methyl sites for hydroxylation is 1. The van der Waals surface area contributed by atoms with E-state index in [4.69, 9.17) is 0 Å². The molecule has 2 N–H and O–H groups in total. The van der Waals surface area contributed by atoms with Gasteiger partial charge in [0, 0.05) is 31.4 Å². The van der Waals surface area contributed by atoms with Crippen molar-refractivity contribution in [2.75, 3.05) is 7.05 Å². The van der Waals surface area contributed by atoms with Gasteiger partial charge in [-0.2, -0.15) is 5.10 Å². The first-order valence-corrected chi connectivity index (χ1v) is 5.58. The lowest BCUT2D eigenvalue weighted by atomic mass is 10.1. The molecule has 1 aromatic heterocycles. The van der Waals surface area contributed by atoms with Crippen molar-refractivity contribution >= 4 is 5.91 Å². The molecule has 0 spiro atoms. The Morgan fingerprint density at radius 1 is 1.56 bits per heavy atom. The van der Waals surface area contributed by atoms with Gasteiger partial charge in [0.2, 0.25) is 5.91 Å². The maximum Gasteiger partial charge on any atom is 0.236 e. The zero-order valence-electron chi connectivity index (χ0n) is 10.3. The number of rotatable bonds is 5. The normalized spacial score (nSPS) is 14.5. The molecule has 0 radical (unpaired) electrons. The molecule has 1 aromatic rings. The molecule has 0 aliphatic heterocycles. The molecule has 1 heterocycles. The lowest BCUT2D eigenvalue weighted by Gasteiger charge is -2.17. The average Bonchev–Trinajstić information content (AvgIpc) is 2.76. The van der Waals surface area contributed by atoms with Crippen molar-refractivity contribution in [3.8, 4) is 0 Å². The standard InChI is InChI=1S/C11H20N4O/c1-5-15-7-10(6-13-15)8(2)14-9(3)11(16)12-4/h6-9,14H,5H2,1-4H3,(H,12,16). The topological polar surface area (TPSA) is 59.0 Å². The van der Waals surface area contributed by atoms with Gasteiger partial charge in [0.05, 0.1) is 12.2 Å². The Morgan fingerprint density at radius 2 is 2.25 bits per heavy atom. The molecule has 2 atom stereocenters. The summed E-state index contributed by atoms with van der Waals surface area (Å²) in [5, 5.41) is 10.0. The van der Waals surface area contributed by atoms with Crippen LogP contribution in [0.25, 0.3) is 0 Å². The number of amides is 1. The summed E-state index contributed by atoms with van der Waals surface area (Å²) in [5.41, 5.74) is 1.10. The number of carbonyl (C=O) groups excluding carboxylic acids is 1. The van der Waals surface area contributed by atoms with Gasteiger partial charge in [-0.1, -0.05) is 0 Å². The Bertz CT molecular complexity index is 348. The fraction of sp³-hybridized carbons (Fsp3) is 0.636. The van der Waals surface area contributed by atoms with Gasteiger partial charge in [-0.3, -0.25) is 14.8 Å². The minimum absolute atomic E-state index is 0.00488. The van der Waals surface area contributed by atoms with Gasteiger partial charge >= 0.3 is 0 Å². The predicted octanol–water partition coefficient (Wildman–Crippen LogP) is 0.688. The second-order valence-electron chi connectivity index (χ2n) is 3.85. The molecule has 0 bridgehead atoms. The second-order valence-corrected chi connectivity index (χ2v) is 3.85. The minimum atomic E-state index is -0.204. The van der Waals surface area contributed by atoms with E-state index >= 15 is 0 Å². The van der Waals surface area contributed by atoms with E-state index in [0.717, 1.165) is 12.1 Å². The third kappa shape index (κ3) is 3.06. The van der Waals surface area contributed by atoms with Crippen LogP contribution in [-0.4, -0.2) is 28.8 Å². The highest BCUT2D eigenvalue weighted by atomic mass is 16.2. The van der Waals surface area contributed by atoms with Crippen molar-refractivity contribution in [2.24, 2.45) is 0 Å². The first-order chi connectivity index (χ1) is 7.58. The lowest BCUT2D eigenvalue weighted by molar-refractivity contribution is -0.122. The Morgan fingerprint density at radius 3 is 2.75 bits per heavy atom. The van der Waals surface area contributed by atoms with Crippen LogP contribution in [0.1, 0.15) is 32.4 Å². The Labute approximate surface area is 96.2 Å². The summed E-state index contributed by atoms with van der Waals surface area (Å²) in [6, 6.07) is -0.0856. The van der Waals surface area contributed by atoms with Crippen LogP contribution in [0.3, 0.4) is 0 Å². The average molecular weight is 224 g/mol. The third-order valence-electron chi connectivity index (χ3n) is 2.62. The maximum absolute atomic E-state index is 11.3. The summed E-state index contributed by atoms with van der Waals surface area (Å²) in [6.45, 7) is 6.77. The fourth-order valence-electron chi connectivity index (χ4n) is 1.54. The molecule has 5 heteroatoms. The zero-order valence-corrected chi connectivity index (χ0v) is 10.3. The maximum atomic E-state index is 11.3. The number of hydrogen-bond acceptors (Lipinski definition) is 3. The molecule has 0 aliphatic rings. The molecule has 5 nitrogen and oxygen atoms in total. The van der Waals surface area contributed by atoms with E-state index < -0.39 is 0 Å². The van der Waals surface area contributed by atoms with E-state index in [0.29, 0.717) is 0 Å². The molecule has 0 aromatic carbocycles. The highest BCUT2D eigenvalue weighted by Gasteiger charge is 2.15. The number of nitrogens with zero attached hydrogens (tertiary/aromatic N) is 2. The van der Waals surface area contributed by atoms with Crippen LogP contribution >= 0.6 is 0 Å². The first kappa shape index (κ1) is 12.7. The van der Waals surface area contributed by atoms with Gasteiger partial charge in [0.25, 0.3) is 0 Å². The van der Waals surface area contributed by atoms with Gasteiger partial charge in [0.1, 0.15) is 0 Å². The molecular weight excluding hydrogens is 204 g/mol. The first-order valence-electron chi connectivity index (χ1n) is 5.58. The lowest BCUT2D eigenvalue weighted by Crippen LogP contribution is -2.41. The van der Waals surface area contributed by atoms with E-state index in [1.165, 1.54) is 0 Å². The van der Waals surface area contributed by atoms with Crippen LogP contribution in [0.2, 0.25) is 0 Å². The second kappa shape index (κ2) is 5.65. The number of carbonyl (C=O) groups is 1. The molecule has 2 unspecified atom stereocenters. The Balaban J connectivity index is 2.57. The van der Waals surface area contributed by atoms with Crippen molar-refractivity contribution < 1.29 is 4.79 Å². The van der Waals surface area contributed by atoms with E-state index in [2.05, 4.69) is 15.7 Å². The molecule has 16 heavy (non-hydrogen) atoms. The van der Waals surface area contributed by atoms with Crippen LogP contribution in [-0.2, 0) is 11.3 Å². The molecule has 0 saturated carbocycles. The third-order valence-corrected chi connectivity index (χ3v) is 2.62. The van der Waals surface area contributed by atoms with Gasteiger partial charge in [-0.05, 0) is 20.8 Å². The van der Waals surface area contributed by atoms with E-state index in [-0.39, 0.29) is 18.0 Å². The number of hydrogen-bond donors (Lipinski definition) is 2. The van der Waals surface area contributed by atoms with Gasteiger partial charge < -0.3 is 5.32 Å². The van der Waals surface area contributed by atoms with E-state index in [1.807, 2.05) is 37.8 Å². The molecule has 0 saturated heterocycles. The SMILES string of the molecule is CCn1cc(C(C)NC(C)C(=O)NC)cn1. The molecular formula is C11H20N4O. The molecule has 1 amide bonds. The van der Waals surface area contributed by atoms with Crippen molar-refractivity contribution in [3.05, 3.63) is 18.0 Å². The zero-order chi connectivity index (χ0) is 12.1. The molecule has 1 rings (SSSR count). The van der Waals surface area contributed by atoms with Gasteiger partial charge in [-0.25, -0.2) is 0 Å². The minimum Gasteiger partial charge on any atom is -0.358 e. The summed E-state index contributed by atoms with van der Waals surface area (Å²) in [6.07, 6.45) is 3.83. The van der Waals surface area contributed by atoms with Crippen molar-refractivity contribution in [3.63, 3.8) is 0 Å². The van der Waals surface area contributed by atoms with Crippen LogP contribution < -0.4 is 10.6 Å². The van der Waals surface area contributed by atoms with Crippen LogP contribution in [0.15, 0.2) is 12.4 Å². The van der Waals surface area contributed by atoms with Crippen LogP contribution in [0.5, 0.6) is 0 Å². The van der Waals surface area contributed by atoms with Crippen LogP contribution in [0, 0.1) is 0 Å². The monoisotopic (exact) mass is 224 g/mol. The predicted molar refractivity (Wildman–Crippen MR) is 63.0 cm³/mol. The highest BCUT2D eigenvalue weighted by molar-refractivity contribution is 5.80. The summed E-state index contributed by atoms with van der Waals surface area (Å²) in [5.74, 6) is -0.00488. The number of aromatic nitrogens is 2. The summed E-state index contributed by atoms with van der Waals surface area (Å²) < 4.78 is 1.87. The van der Waals surface area contributed by atoms with Crippen molar-refractivity contribution in [1.29, 1.82) is 0 Å². The van der Waals surface area contributed by atoms with E-state index in [1.54, 1.807) is 7.05 Å². The van der Waals surface area contributed by atoms with Crippen LogP contribution in [0.4, 0.5) is 0 Å². The largest absolute Gasteiger partial charge is 0.358 e. The van der Waals surface area contributed by atoms with Crippen molar-refractivity contribution in [1.82, 2.24) is 20.4 Å². The smallest absolute Gasteiger partial charge is 0.236 e. The fourth-order valence-corrected chi connectivity index (χ4v) is 1.54.